The van der Waals surface area contributed by atoms with Crippen LogP contribution in [0.25, 0.3) is 11.0 Å². The topological polar surface area (TPSA) is 83.4 Å². The summed E-state index contributed by atoms with van der Waals surface area (Å²) in [6.07, 6.45) is 0. The number of amides is 3. The number of fused-ring (bicyclic) bond motifs is 1. The Bertz CT molecular complexity index is 898. The molecule has 0 saturated carbocycles. The first-order chi connectivity index (χ1) is 13.0. The molecule has 0 aliphatic heterocycles. The fourth-order valence-corrected chi connectivity index (χ4v) is 2.69. The number of carbonyl (C=O) groups is 2. The Morgan fingerprint density at radius 1 is 1.04 bits per heavy atom. The highest BCUT2D eigenvalue weighted by molar-refractivity contribution is 5.84. The number of urea groups is 1. The molecule has 3 amide bonds. The highest BCUT2D eigenvalue weighted by Crippen LogP contribution is 2.23. The minimum Gasteiger partial charge on any atom is -0.459 e. The average Bonchev–Trinajstić information content (AvgIpc) is 3.10. The fourth-order valence-electron chi connectivity index (χ4n) is 2.69. The Morgan fingerprint density at radius 3 is 2.52 bits per heavy atom. The maximum absolute atomic E-state index is 12.1. The van der Waals surface area contributed by atoms with E-state index in [0.29, 0.717) is 12.3 Å². The van der Waals surface area contributed by atoms with Crippen LogP contribution < -0.4 is 16.0 Å². The first kappa shape index (κ1) is 18.5. The van der Waals surface area contributed by atoms with E-state index < -0.39 is 0 Å². The van der Waals surface area contributed by atoms with Crippen molar-refractivity contribution in [2.75, 3.05) is 6.54 Å². The molecular weight excluding hydrogens is 342 g/mol. The molecular formula is C21H23N3O3. The van der Waals surface area contributed by atoms with Crippen LogP contribution in [0.15, 0.2) is 59.0 Å². The third-order valence-corrected chi connectivity index (χ3v) is 4.23. The van der Waals surface area contributed by atoms with Crippen molar-refractivity contribution in [1.82, 2.24) is 16.0 Å². The summed E-state index contributed by atoms with van der Waals surface area (Å²) in [4.78, 5) is 23.9. The van der Waals surface area contributed by atoms with Crippen LogP contribution in [0, 0.1) is 6.92 Å². The van der Waals surface area contributed by atoms with Gasteiger partial charge in [0, 0.05) is 11.9 Å². The predicted octanol–water partition coefficient (Wildman–Crippen LogP) is 3.42. The SMILES string of the molecule is Cc1ccc(CNC(=O)NCC(=O)NC(C)c2cc3ccccc3o2)cc1. The standard InChI is InChI=1S/C21H23N3O3/c1-14-7-9-16(10-8-14)12-22-21(26)23-13-20(25)24-15(2)19-11-17-5-3-4-6-18(17)27-19/h3-11,15H,12-13H2,1-2H3,(H,24,25)(H2,22,23,26). The van der Waals surface area contributed by atoms with Gasteiger partial charge < -0.3 is 20.4 Å². The van der Waals surface area contributed by atoms with Gasteiger partial charge in [0.05, 0.1) is 12.6 Å². The number of hydrogen-bond donors (Lipinski definition) is 3. The van der Waals surface area contributed by atoms with Crippen molar-refractivity contribution in [1.29, 1.82) is 0 Å². The van der Waals surface area contributed by atoms with Crippen molar-refractivity contribution in [3.05, 3.63) is 71.5 Å². The Hall–Kier alpha value is -3.28. The molecule has 6 heteroatoms. The van der Waals surface area contributed by atoms with E-state index in [9.17, 15) is 9.59 Å². The van der Waals surface area contributed by atoms with Gasteiger partial charge in [-0.1, -0.05) is 48.0 Å². The van der Waals surface area contributed by atoms with Gasteiger partial charge in [-0.3, -0.25) is 4.79 Å². The van der Waals surface area contributed by atoms with Crippen molar-refractivity contribution in [3.63, 3.8) is 0 Å². The van der Waals surface area contributed by atoms with Crippen LogP contribution >= 0.6 is 0 Å². The van der Waals surface area contributed by atoms with Gasteiger partial charge in [-0.05, 0) is 31.5 Å². The number of carbonyl (C=O) groups excluding carboxylic acids is 2. The largest absolute Gasteiger partial charge is 0.459 e. The summed E-state index contributed by atoms with van der Waals surface area (Å²) in [6.45, 7) is 4.15. The highest BCUT2D eigenvalue weighted by atomic mass is 16.3. The number of aryl methyl sites for hydroxylation is 1. The highest BCUT2D eigenvalue weighted by Gasteiger charge is 2.14. The van der Waals surface area contributed by atoms with Gasteiger partial charge in [-0.25, -0.2) is 4.79 Å². The summed E-state index contributed by atoms with van der Waals surface area (Å²) in [5, 5.41) is 9.09. The van der Waals surface area contributed by atoms with E-state index in [1.807, 2.05) is 68.4 Å². The third kappa shape index (κ3) is 5.10. The van der Waals surface area contributed by atoms with Gasteiger partial charge in [0.1, 0.15) is 11.3 Å². The van der Waals surface area contributed by atoms with Crippen molar-refractivity contribution < 1.29 is 14.0 Å². The van der Waals surface area contributed by atoms with Gasteiger partial charge in [-0.2, -0.15) is 0 Å². The van der Waals surface area contributed by atoms with Crippen molar-refractivity contribution in [3.8, 4) is 0 Å². The van der Waals surface area contributed by atoms with Crippen LogP contribution in [0.3, 0.4) is 0 Å². The average molecular weight is 365 g/mol. The molecule has 0 aliphatic rings. The zero-order valence-corrected chi connectivity index (χ0v) is 15.4. The van der Waals surface area contributed by atoms with E-state index in [1.165, 1.54) is 5.56 Å². The molecule has 3 rings (SSSR count). The molecule has 6 nitrogen and oxygen atoms in total. The summed E-state index contributed by atoms with van der Waals surface area (Å²) in [5.41, 5.74) is 2.94. The van der Waals surface area contributed by atoms with Crippen LogP contribution in [0.1, 0.15) is 29.9 Å². The Labute approximate surface area is 157 Å². The van der Waals surface area contributed by atoms with Crippen LogP contribution in [-0.4, -0.2) is 18.5 Å². The van der Waals surface area contributed by atoms with E-state index in [-0.39, 0.29) is 24.5 Å². The second-order valence-corrected chi connectivity index (χ2v) is 6.50. The zero-order valence-electron chi connectivity index (χ0n) is 15.4. The lowest BCUT2D eigenvalue weighted by Crippen LogP contribution is -2.42. The van der Waals surface area contributed by atoms with Crippen molar-refractivity contribution in [2.45, 2.75) is 26.4 Å². The van der Waals surface area contributed by atoms with E-state index in [2.05, 4.69) is 16.0 Å². The lowest BCUT2D eigenvalue weighted by atomic mass is 10.1. The Kier molecular flexibility index (Phi) is 5.76. The molecule has 0 spiro atoms. The smallest absolute Gasteiger partial charge is 0.315 e. The van der Waals surface area contributed by atoms with Gasteiger partial charge in [0.25, 0.3) is 0 Å². The van der Waals surface area contributed by atoms with E-state index in [4.69, 9.17) is 4.42 Å². The lowest BCUT2D eigenvalue weighted by Gasteiger charge is -2.12. The molecule has 0 fully saturated rings. The number of hydrogen-bond acceptors (Lipinski definition) is 3. The van der Waals surface area contributed by atoms with Crippen LogP contribution in [0.2, 0.25) is 0 Å². The molecule has 0 radical (unpaired) electrons. The molecule has 2 aromatic carbocycles. The summed E-state index contributed by atoms with van der Waals surface area (Å²) in [7, 11) is 0. The van der Waals surface area contributed by atoms with Gasteiger partial charge in [-0.15, -0.1) is 0 Å². The number of benzene rings is 2. The summed E-state index contributed by atoms with van der Waals surface area (Å²) < 4.78 is 5.74. The van der Waals surface area contributed by atoms with Crippen molar-refractivity contribution in [2.24, 2.45) is 0 Å². The van der Waals surface area contributed by atoms with E-state index in [1.54, 1.807) is 0 Å². The number of furan rings is 1. The molecule has 3 aromatic rings. The minimum absolute atomic E-state index is 0.107. The monoisotopic (exact) mass is 365 g/mol. The van der Waals surface area contributed by atoms with E-state index >= 15 is 0 Å². The van der Waals surface area contributed by atoms with Gasteiger partial charge >= 0.3 is 6.03 Å². The second kappa shape index (κ2) is 8.40. The predicted molar refractivity (Wildman–Crippen MR) is 104 cm³/mol. The molecule has 1 unspecified atom stereocenters. The third-order valence-electron chi connectivity index (χ3n) is 4.23. The fraction of sp³-hybridized carbons (Fsp3) is 0.238. The lowest BCUT2D eigenvalue weighted by molar-refractivity contribution is -0.120. The normalized spacial score (nSPS) is 11.8. The van der Waals surface area contributed by atoms with Crippen molar-refractivity contribution >= 4 is 22.9 Å². The molecule has 0 aliphatic carbocycles. The Balaban J connectivity index is 1.43. The maximum atomic E-state index is 12.1. The summed E-state index contributed by atoms with van der Waals surface area (Å²) in [5.74, 6) is 0.391. The van der Waals surface area contributed by atoms with Gasteiger partial charge in [0.15, 0.2) is 0 Å². The van der Waals surface area contributed by atoms with Crippen LogP contribution in [0.5, 0.6) is 0 Å². The van der Waals surface area contributed by atoms with Gasteiger partial charge in [0.2, 0.25) is 5.91 Å². The van der Waals surface area contributed by atoms with E-state index in [0.717, 1.165) is 16.5 Å². The number of para-hydroxylation sites is 1. The Morgan fingerprint density at radius 2 is 1.78 bits per heavy atom. The second-order valence-electron chi connectivity index (χ2n) is 6.50. The summed E-state index contributed by atoms with van der Waals surface area (Å²) >= 11 is 0. The molecule has 3 N–H and O–H groups in total. The van der Waals surface area contributed by atoms with Crippen LogP contribution in [0.4, 0.5) is 4.79 Å². The molecule has 1 heterocycles. The molecule has 140 valence electrons. The molecule has 27 heavy (non-hydrogen) atoms. The number of rotatable bonds is 6. The first-order valence-electron chi connectivity index (χ1n) is 8.86. The summed E-state index contributed by atoms with van der Waals surface area (Å²) in [6, 6.07) is 16.8. The minimum atomic E-state index is -0.387. The molecule has 1 atom stereocenters. The molecule has 0 bridgehead atoms. The first-order valence-corrected chi connectivity index (χ1v) is 8.86. The molecule has 0 saturated heterocycles. The maximum Gasteiger partial charge on any atom is 0.315 e. The zero-order chi connectivity index (χ0) is 19.2. The van der Waals surface area contributed by atoms with Crippen LogP contribution in [-0.2, 0) is 11.3 Å². The molecule has 1 aromatic heterocycles. The number of nitrogens with one attached hydrogen (secondary N) is 3. The quantitative estimate of drug-likeness (QED) is 0.626.